The zero-order valence-electron chi connectivity index (χ0n) is 24.0. The molecule has 1 aromatic rings. The van der Waals surface area contributed by atoms with Gasteiger partial charge in [0.2, 0.25) is 0 Å². The molecule has 0 aromatic carbocycles. The maximum atomic E-state index is 6.24. The van der Waals surface area contributed by atoms with Crippen molar-refractivity contribution in [2.45, 2.75) is 101 Å². The number of hydrogen-bond acceptors (Lipinski definition) is 5. The number of nitrogens with zero attached hydrogens (tertiary/aromatic N) is 4. The molecule has 2 rings (SSSR count). The Kier molecular flexibility index (Phi) is 10.6. The number of ether oxygens (including phenoxy) is 1. The van der Waals surface area contributed by atoms with Gasteiger partial charge in [-0.3, -0.25) is 4.68 Å². The predicted molar refractivity (Wildman–Crippen MR) is 143 cm³/mol. The normalized spacial score (nSPS) is 16.9. The van der Waals surface area contributed by atoms with E-state index in [9.17, 15) is 0 Å². The molecule has 6 nitrogen and oxygen atoms in total. The highest BCUT2D eigenvalue weighted by atomic mass is 16.5. The summed E-state index contributed by atoms with van der Waals surface area (Å²) in [4.78, 5) is 2.55. The Morgan fingerprint density at radius 3 is 2.06 bits per heavy atom. The summed E-state index contributed by atoms with van der Waals surface area (Å²) in [5, 5.41) is 12.4. The van der Waals surface area contributed by atoms with Crippen molar-refractivity contribution in [2.75, 3.05) is 45.9 Å². The summed E-state index contributed by atoms with van der Waals surface area (Å²) in [5.74, 6) is 0. The van der Waals surface area contributed by atoms with E-state index in [0.29, 0.717) is 5.41 Å². The lowest BCUT2D eigenvalue weighted by Gasteiger charge is -2.35. The molecule has 2 heterocycles. The van der Waals surface area contributed by atoms with Gasteiger partial charge in [-0.15, -0.1) is 5.10 Å². The molecule has 1 fully saturated rings. The SMILES string of the molecule is CCC(C)(C)CCCC(C)(C)Cc1cn(CC(C)(C)COCC(C)(C)CN2CCNCC2)nn1. The topological polar surface area (TPSA) is 55.2 Å². The summed E-state index contributed by atoms with van der Waals surface area (Å²) < 4.78 is 8.26. The molecule has 1 N–H and O–H groups in total. The third-order valence-corrected chi connectivity index (χ3v) is 7.35. The molecule has 0 bridgehead atoms. The van der Waals surface area contributed by atoms with Gasteiger partial charge in [-0.25, -0.2) is 0 Å². The molecule has 1 aliphatic heterocycles. The molecule has 1 saturated heterocycles. The van der Waals surface area contributed by atoms with E-state index in [2.05, 4.69) is 89.0 Å². The van der Waals surface area contributed by atoms with E-state index in [4.69, 9.17) is 4.74 Å². The molecule has 1 aliphatic rings. The van der Waals surface area contributed by atoms with Gasteiger partial charge in [0.25, 0.3) is 0 Å². The van der Waals surface area contributed by atoms with E-state index < -0.39 is 0 Å². The van der Waals surface area contributed by atoms with Crippen molar-refractivity contribution in [2.24, 2.45) is 21.7 Å². The Morgan fingerprint density at radius 1 is 0.853 bits per heavy atom. The van der Waals surface area contributed by atoms with Gasteiger partial charge in [0.05, 0.1) is 18.9 Å². The molecular weight excluding hydrogens is 422 g/mol. The first-order chi connectivity index (χ1) is 15.7. The van der Waals surface area contributed by atoms with Crippen LogP contribution in [0, 0.1) is 21.7 Å². The van der Waals surface area contributed by atoms with Crippen molar-refractivity contribution in [1.29, 1.82) is 0 Å². The third-order valence-electron chi connectivity index (χ3n) is 7.35. The largest absolute Gasteiger partial charge is 0.380 e. The lowest BCUT2D eigenvalue weighted by molar-refractivity contribution is -0.00468. The lowest BCUT2D eigenvalue weighted by atomic mass is 9.78. The van der Waals surface area contributed by atoms with Crippen LogP contribution in [0.4, 0.5) is 0 Å². The van der Waals surface area contributed by atoms with E-state index in [1.807, 2.05) is 4.68 Å². The summed E-state index contributed by atoms with van der Waals surface area (Å²) in [7, 11) is 0. The van der Waals surface area contributed by atoms with Crippen molar-refractivity contribution in [3.8, 4) is 0 Å². The van der Waals surface area contributed by atoms with Gasteiger partial charge in [0, 0.05) is 56.3 Å². The summed E-state index contributed by atoms with van der Waals surface area (Å²) in [6.45, 7) is 28.8. The molecule has 34 heavy (non-hydrogen) atoms. The van der Waals surface area contributed by atoms with Crippen LogP contribution in [0.5, 0.6) is 0 Å². The molecule has 0 saturated carbocycles. The fraction of sp³-hybridized carbons (Fsp3) is 0.929. The average Bonchev–Trinajstić information content (AvgIpc) is 3.12. The molecule has 1 aromatic heterocycles. The second-order valence-electron chi connectivity index (χ2n) is 14.0. The zero-order chi connectivity index (χ0) is 25.5. The van der Waals surface area contributed by atoms with Crippen molar-refractivity contribution in [1.82, 2.24) is 25.2 Å². The summed E-state index contributed by atoms with van der Waals surface area (Å²) >= 11 is 0. The van der Waals surface area contributed by atoms with Gasteiger partial charge in [0.1, 0.15) is 0 Å². The number of aromatic nitrogens is 3. The van der Waals surface area contributed by atoms with Crippen LogP contribution in [0.15, 0.2) is 6.20 Å². The van der Waals surface area contributed by atoms with Gasteiger partial charge < -0.3 is 15.0 Å². The quantitative estimate of drug-likeness (QED) is 0.365. The van der Waals surface area contributed by atoms with E-state index in [1.165, 1.54) is 25.7 Å². The first-order valence-electron chi connectivity index (χ1n) is 13.6. The lowest BCUT2D eigenvalue weighted by Crippen LogP contribution is -2.47. The van der Waals surface area contributed by atoms with Crippen LogP contribution < -0.4 is 5.32 Å². The van der Waals surface area contributed by atoms with Crippen LogP contribution >= 0.6 is 0 Å². The fourth-order valence-corrected chi connectivity index (χ4v) is 4.91. The van der Waals surface area contributed by atoms with Crippen LogP contribution in [0.3, 0.4) is 0 Å². The minimum Gasteiger partial charge on any atom is -0.380 e. The number of nitrogens with one attached hydrogen (secondary N) is 1. The van der Waals surface area contributed by atoms with Gasteiger partial charge in [-0.2, -0.15) is 0 Å². The number of hydrogen-bond donors (Lipinski definition) is 1. The Morgan fingerprint density at radius 2 is 1.44 bits per heavy atom. The molecular formula is C28H55N5O. The van der Waals surface area contributed by atoms with E-state index >= 15 is 0 Å². The molecule has 198 valence electrons. The molecule has 0 unspecified atom stereocenters. The molecule has 0 radical (unpaired) electrons. The van der Waals surface area contributed by atoms with E-state index in [1.54, 1.807) is 0 Å². The highest BCUT2D eigenvalue weighted by molar-refractivity contribution is 4.97. The first-order valence-corrected chi connectivity index (χ1v) is 13.6. The molecule has 0 amide bonds. The van der Waals surface area contributed by atoms with Crippen molar-refractivity contribution < 1.29 is 4.74 Å². The molecule has 6 heteroatoms. The van der Waals surface area contributed by atoms with Gasteiger partial charge >= 0.3 is 0 Å². The second-order valence-corrected chi connectivity index (χ2v) is 14.0. The summed E-state index contributed by atoms with van der Waals surface area (Å²) in [6, 6.07) is 0. The van der Waals surface area contributed by atoms with E-state index in [0.717, 1.165) is 64.6 Å². The second kappa shape index (κ2) is 12.3. The zero-order valence-corrected chi connectivity index (χ0v) is 24.0. The maximum absolute atomic E-state index is 6.24. The first kappa shape index (κ1) is 29.3. The molecule has 0 aliphatic carbocycles. The minimum atomic E-state index is 0.0113. The van der Waals surface area contributed by atoms with Gasteiger partial charge in [0.15, 0.2) is 0 Å². The molecule has 0 spiro atoms. The Bertz CT molecular complexity index is 716. The highest BCUT2D eigenvalue weighted by Crippen LogP contribution is 2.33. The van der Waals surface area contributed by atoms with Crippen molar-refractivity contribution >= 4 is 0 Å². The van der Waals surface area contributed by atoms with Crippen LogP contribution in [0.1, 0.15) is 93.7 Å². The van der Waals surface area contributed by atoms with Crippen LogP contribution in [0.25, 0.3) is 0 Å². The Balaban J connectivity index is 1.76. The summed E-state index contributed by atoms with van der Waals surface area (Å²) in [5.41, 5.74) is 1.98. The van der Waals surface area contributed by atoms with E-state index in [-0.39, 0.29) is 16.2 Å². The van der Waals surface area contributed by atoms with Crippen LogP contribution in [-0.2, 0) is 17.7 Å². The fourth-order valence-electron chi connectivity index (χ4n) is 4.91. The van der Waals surface area contributed by atoms with Crippen molar-refractivity contribution in [3.05, 3.63) is 11.9 Å². The smallest absolute Gasteiger partial charge is 0.0832 e. The Hall–Kier alpha value is -0.980. The average molecular weight is 478 g/mol. The van der Waals surface area contributed by atoms with Crippen LogP contribution in [-0.4, -0.2) is 65.8 Å². The molecule has 0 atom stereocenters. The Labute approximate surface area is 210 Å². The standard InChI is InChI=1S/C28H55N5O/c1-10-25(2,3)12-11-13-26(4,5)18-24-19-33(31-30-24)21-28(8,9)23-34-22-27(6,7)20-32-16-14-29-15-17-32/h19,29H,10-18,20-23H2,1-9H3. The number of piperazine rings is 1. The highest BCUT2D eigenvalue weighted by Gasteiger charge is 2.27. The third kappa shape index (κ3) is 11.2. The van der Waals surface area contributed by atoms with Gasteiger partial charge in [-0.05, 0) is 30.1 Å². The van der Waals surface area contributed by atoms with Crippen LogP contribution in [0.2, 0.25) is 0 Å². The maximum Gasteiger partial charge on any atom is 0.0832 e. The minimum absolute atomic E-state index is 0.0113. The monoisotopic (exact) mass is 477 g/mol. The number of rotatable bonds is 15. The van der Waals surface area contributed by atoms with Crippen molar-refractivity contribution in [3.63, 3.8) is 0 Å². The van der Waals surface area contributed by atoms with Gasteiger partial charge in [-0.1, -0.05) is 80.4 Å². The summed E-state index contributed by atoms with van der Waals surface area (Å²) in [6.07, 6.45) is 8.17. The predicted octanol–water partition coefficient (Wildman–Crippen LogP) is 5.43.